The molecule has 0 aromatic heterocycles. The zero-order chi connectivity index (χ0) is 13.1. The Morgan fingerprint density at radius 3 is 2.89 bits per heavy atom. The van der Waals surface area contributed by atoms with Crippen LogP contribution in [0.4, 0.5) is 5.69 Å². The predicted octanol–water partition coefficient (Wildman–Crippen LogP) is 2.03. The van der Waals surface area contributed by atoms with Crippen LogP contribution < -0.4 is 5.32 Å². The number of carbonyl (C=O) groups is 2. The third-order valence-corrected chi connectivity index (χ3v) is 3.61. The highest BCUT2D eigenvalue weighted by molar-refractivity contribution is 8.15. The van der Waals surface area contributed by atoms with Gasteiger partial charge >= 0.3 is 5.97 Å². The molecule has 0 saturated carbocycles. The number of amidine groups is 1. The zero-order valence-electron chi connectivity index (χ0n) is 9.09. The largest absolute Gasteiger partial charge is 0.481 e. The molecule has 1 amide bonds. The second kappa shape index (κ2) is 5.41. The van der Waals surface area contributed by atoms with Crippen LogP contribution in [-0.4, -0.2) is 27.4 Å². The Bertz CT molecular complexity index is 533. The number of hydrogen-bond donors (Lipinski definition) is 2. The van der Waals surface area contributed by atoms with Crippen LogP contribution in [0, 0.1) is 0 Å². The third kappa shape index (κ3) is 3.02. The van der Waals surface area contributed by atoms with E-state index in [4.69, 9.17) is 16.7 Å². The van der Waals surface area contributed by atoms with Gasteiger partial charge in [-0.1, -0.05) is 35.5 Å². The van der Waals surface area contributed by atoms with Crippen molar-refractivity contribution >= 4 is 46.1 Å². The summed E-state index contributed by atoms with van der Waals surface area (Å²) in [5.74, 6) is -1.35. The third-order valence-electron chi connectivity index (χ3n) is 2.21. The number of amides is 1. The van der Waals surface area contributed by atoms with E-state index in [2.05, 4.69) is 10.3 Å². The number of hydrogen-bond acceptors (Lipinski definition) is 4. The summed E-state index contributed by atoms with van der Waals surface area (Å²) in [7, 11) is 0. The van der Waals surface area contributed by atoms with Gasteiger partial charge in [0.2, 0.25) is 5.91 Å². The fraction of sp³-hybridized carbons (Fsp3) is 0.182. The van der Waals surface area contributed by atoms with Gasteiger partial charge in [-0.15, -0.1) is 0 Å². The molecular formula is C11H9ClN2O3S. The van der Waals surface area contributed by atoms with E-state index in [1.54, 1.807) is 24.3 Å². The summed E-state index contributed by atoms with van der Waals surface area (Å²) in [6.07, 6.45) is -0.224. The molecule has 0 bridgehead atoms. The van der Waals surface area contributed by atoms with Gasteiger partial charge in [0, 0.05) is 0 Å². The molecule has 1 saturated heterocycles. The topological polar surface area (TPSA) is 78.8 Å². The van der Waals surface area contributed by atoms with Gasteiger partial charge in [-0.2, -0.15) is 0 Å². The minimum atomic E-state index is -1.01. The SMILES string of the molecule is O=C(O)CC1SC(=Nc2ccccc2Cl)NC1=O. The number of aliphatic carboxylic acids is 1. The Balaban J connectivity index is 2.15. The molecule has 18 heavy (non-hydrogen) atoms. The van der Waals surface area contributed by atoms with Crippen molar-refractivity contribution in [3.05, 3.63) is 29.3 Å². The molecule has 0 radical (unpaired) electrons. The van der Waals surface area contributed by atoms with Gasteiger partial charge in [0.05, 0.1) is 17.1 Å². The van der Waals surface area contributed by atoms with Crippen molar-refractivity contribution in [2.75, 3.05) is 0 Å². The van der Waals surface area contributed by atoms with E-state index in [0.717, 1.165) is 11.8 Å². The quantitative estimate of drug-likeness (QED) is 0.890. The fourth-order valence-corrected chi connectivity index (χ4v) is 2.55. The number of nitrogens with zero attached hydrogens (tertiary/aromatic N) is 1. The summed E-state index contributed by atoms with van der Waals surface area (Å²) in [6.45, 7) is 0. The lowest BCUT2D eigenvalue weighted by atomic mass is 10.3. The van der Waals surface area contributed by atoms with Gasteiger partial charge < -0.3 is 10.4 Å². The van der Waals surface area contributed by atoms with Crippen LogP contribution in [-0.2, 0) is 9.59 Å². The molecule has 1 aliphatic heterocycles. The number of carboxylic acids is 1. The van der Waals surface area contributed by atoms with E-state index >= 15 is 0 Å². The number of nitrogens with one attached hydrogen (secondary N) is 1. The van der Waals surface area contributed by atoms with Crippen LogP contribution in [0.1, 0.15) is 6.42 Å². The number of aliphatic imine (C=N–C) groups is 1. The van der Waals surface area contributed by atoms with Crippen molar-refractivity contribution < 1.29 is 14.7 Å². The molecule has 2 rings (SSSR count). The van der Waals surface area contributed by atoms with E-state index in [-0.39, 0.29) is 12.3 Å². The number of carbonyl (C=O) groups excluding carboxylic acids is 1. The number of thioether (sulfide) groups is 1. The van der Waals surface area contributed by atoms with Crippen LogP contribution in [0.2, 0.25) is 5.02 Å². The lowest BCUT2D eigenvalue weighted by Gasteiger charge is -1.99. The second-order valence-electron chi connectivity index (χ2n) is 3.56. The molecule has 1 heterocycles. The highest BCUT2D eigenvalue weighted by Crippen LogP contribution is 2.28. The van der Waals surface area contributed by atoms with Gasteiger partial charge in [0.1, 0.15) is 5.25 Å². The van der Waals surface area contributed by atoms with Crippen LogP contribution in [0.15, 0.2) is 29.3 Å². The highest BCUT2D eigenvalue weighted by atomic mass is 35.5. The number of carboxylic acid groups (broad SMARTS) is 1. The van der Waals surface area contributed by atoms with Gasteiger partial charge in [-0.3, -0.25) is 9.59 Å². The number of para-hydroxylation sites is 1. The maximum atomic E-state index is 11.5. The molecular weight excluding hydrogens is 276 g/mol. The van der Waals surface area contributed by atoms with E-state index in [9.17, 15) is 9.59 Å². The Morgan fingerprint density at radius 1 is 1.50 bits per heavy atom. The standard InChI is InChI=1S/C11H9ClN2O3S/c12-6-3-1-2-4-7(6)13-11-14-10(17)8(18-11)5-9(15)16/h1-4,8H,5H2,(H,15,16)(H,13,14,17). The molecule has 7 heteroatoms. The van der Waals surface area contributed by atoms with Crippen molar-refractivity contribution in [2.45, 2.75) is 11.7 Å². The van der Waals surface area contributed by atoms with Gasteiger partial charge in [-0.25, -0.2) is 4.99 Å². The summed E-state index contributed by atoms with van der Waals surface area (Å²) < 4.78 is 0. The van der Waals surface area contributed by atoms with Crippen molar-refractivity contribution in [2.24, 2.45) is 4.99 Å². The molecule has 1 aliphatic rings. The minimum absolute atomic E-state index is 0.224. The molecule has 1 unspecified atom stereocenters. The lowest BCUT2D eigenvalue weighted by molar-refractivity contribution is -0.138. The summed E-state index contributed by atoms with van der Waals surface area (Å²) in [5, 5.41) is 11.4. The first-order valence-electron chi connectivity index (χ1n) is 5.09. The van der Waals surface area contributed by atoms with Crippen LogP contribution in [0.25, 0.3) is 0 Å². The Kier molecular flexibility index (Phi) is 3.88. The van der Waals surface area contributed by atoms with E-state index < -0.39 is 11.2 Å². The zero-order valence-corrected chi connectivity index (χ0v) is 10.7. The molecule has 0 spiro atoms. The number of halogens is 1. The van der Waals surface area contributed by atoms with Crippen LogP contribution in [0.3, 0.4) is 0 Å². The first-order valence-corrected chi connectivity index (χ1v) is 6.34. The normalized spacial score (nSPS) is 21.1. The number of benzene rings is 1. The average molecular weight is 285 g/mol. The number of rotatable bonds is 3. The van der Waals surface area contributed by atoms with Crippen LogP contribution in [0.5, 0.6) is 0 Å². The molecule has 0 aliphatic carbocycles. The van der Waals surface area contributed by atoms with Gasteiger partial charge in [-0.05, 0) is 12.1 Å². The second-order valence-corrected chi connectivity index (χ2v) is 5.16. The van der Waals surface area contributed by atoms with Gasteiger partial charge in [0.25, 0.3) is 0 Å². The van der Waals surface area contributed by atoms with Crippen molar-refractivity contribution in [1.82, 2.24) is 5.32 Å². The molecule has 1 aromatic carbocycles. The molecule has 1 aromatic rings. The maximum absolute atomic E-state index is 11.5. The molecule has 1 atom stereocenters. The molecule has 5 nitrogen and oxygen atoms in total. The van der Waals surface area contributed by atoms with E-state index in [1.807, 2.05) is 0 Å². The molecule has 2 N–H and O–H groups in total. The molecule has 1 fully saturated rings. The first-order chi connectivity index (χ1) is 8.56. The Morgan fingerprint density at radius 2 is 2.22 bits per heavy atom. The van der Waals surface area contributed by atoms with Gasteiger partial charge in [0.15, 0.2) is 5.17 Å². The fourth-order valence-electron chi connectivity index (χ4n) is 1.40. The summed E-state index contributed by atoms with van der Waals surface area (Å²) in [4.78, 5) is 26.2. The monoisotopic (exact) mass is 284 g/mol. The van der Waals surface area contributed by atoms with Crippen molar-refractivity contribution in [1.29, 1.82) is 0 Å². The lowest BCUT2D eigenvalue weighted by Crippen LogP contribution is -2.26. The van der Waals surface area contributed by atoms with E-state index in [1.165, 1.54) is 0 Å². The Labute approximate surface area is 112 Å². The minimum Gasteiger partial charge on any atom is -0.481 e. The summed E-state index contributed by atoms with van der Waals surface area (Å²) >= 11 is 7.04. The maximum Gasteiger partial charge on any atom is 0.305 e. The predicted molar refractivity (Wildman–Crippen MR) is 70.3 cm³/mol. The highest BCUT2D eigenvalue weighted by Gasteiger charge is 2.32. The summed E-state index contributed by atoms with van der Waals surface area (Å²) in [5.41, 5.74) is 0.540. The van der Waals surface area contributed by atoms with Crippen LogP contribution >= 0.6 is 23.4 Å². The Hall–Kier alpha value is -1.53. The molecule has 94 valence electrons. The smallest absolute Gasteiger partial charge is 0.305 e. The van der Waals surface area contributed by atoms with E-state index in [0.29, 0.717) is 15.9 Å². The van der Waals surface area contributed by atoms with Crippen molar-refractivity contribution in [3.63, 3.8) is 0 Å². The van der Waals surface area contributed by atoms with Crippen molar-refractivity contribution in [3.8, 4) is 0 Å². The summed E-state index contributed by atoms with van der Waals surface area (Å²) in [6, 6.07) is 6.96. The average Bonchev–Trinajstić information content (AvgIpc) is 2.62. The first kappa shape index (κ1) is 12.9.